The van der Waals surface area contributed by atoms with Crippen LogP contribution in [-0.2, 0) is 9.47 Å². The highest BCUT2D eigenvalue weighted by molar-refractivity contribution is 5.95. The maximum atomic E-state index is 12.2. The lowest BCUT2D eigenvalue weighted by atomic mass is 10.1. The Kier molecular flexibility index (Phi) is 8.84. The molecule has 0 saturated heterocycles. The van der Waals surface area contributed by atoms with E-state index in [9.17, 15) is 9.59 Å². The first kappa shape index (κ1) is 19.9. The van der Waals surface area contributed by atoms with Gasteiger partial charge >= 0.3 is 11.9 Å². The predicted molar refractivity (Wildman–Crippen MR) is 95.1 cm³/mol. The molecule has 4 heteroatoms. The van der Waals surface area contributed by atoms with Crippen molar-refractivity contribution < 1.29 is 19.1 Å². The highest BCUT2D eigenvalue weighted by Gasteiger charge is 2.14. The standard InChI is InChI=1S/C20H28O4/c1-5-6-7-8-10-16(4)24-20(22)18-12-9-11-17(13-18)19(21)23-14-15(2)3/h8-13,15-16H,5-7,14H2,1-4H3/b10-8+. The molecule has 24 heavy (non-hydrogen) atoms. The molecule has 0 aliphatic heterocycles. The zero-order chi connectivity index (χ0) is 17.9. The fourth-order valence-electron chi connectivity index (χ4n) is 1.98. The molecule has 1 unspecified atom stereocenters. The number of carbonyl (C=O) groups is 2. The van der Waals surface area contributed by atoms with Gasteiger partial charge in [0, 0.05) is 0 Å². The van der Waals surface area contributed by atoms with E-state index < -0.39 is 11.9 Å². The van der Waals surface area contributed by atoms with Crippen LogP contribution in [0.5, 0.6) is 0 Å². The second-order valence-electron chi connectivity index (χ2n) is 6.25. The van der Waals surface area contributed by atoms with Gasteiger partial charge in [-0.05, 0) is 43.5 Å². The molecule has 1 rings (SSSR count). The molecule has 0 aliphatic carbocycles. The topological polar surface area (TPSA) is 52.6 Å². The zero-order valence-corrected chi connectivity index (χ0v) is 15.1. The molecule has 0 heterocycles. The second-order valence-corrected chi connectivity index (χ2v) is 6.25. The summed E-state index contributed by atoms with van der Waals surface area (Å²) in [6.45, 7) is 8.25. The summed E-state index contributed by atoms with van der Waals surface area (Å²) >= 11 is 0. The van der Waals surface area contributed by atoms with E-state index in [2.05, 4.69) is 6.92 Å². The van der Waals surface area contributed by atoms with Crippen molar-refractivity contribution in [3.05, 3.63) is 47.5 Å². The monoisotopic (exact) mass is 332 g/mol. The van der Waals surface area contributed by atoms with Gasteiger partial charge in [-0.2, -0.15) is 0 Å². The van der Waals surface area contributed by atoms with Gasteiger partial charge in [-0.25, -0.2) is 9.59 Å². The first-order valence-electron chi connectivity index (χ1n) is 8.58. The zero-order valence-electron chi connectivity index (χ0n) is 15.1. The van der Waals surface area contributed by atoms with Crippen molar-refractivity contribution >= 4 is 11.9 Å². The minimum Gasteiger partial charge on any atom is -0.462 e. The van der Waals surface area contributed by atoms with Gasteiger partial charge in [-0.1, -0.05) is 45.8 Å². The van der Waals surface area contributed by atoms with Crippen LogP contribution in [0.3, 0.4) is 0 Å². The fraction of sp³-hybridized carbons (Fsp3) is 0.500. The lowest BCUT2D eigenvalue weighted by Gasteiger charge is -2.11. The lowest BCUT2D eigenvalue weighted by molar-refractivity contribution is 0.0424. The third kappa shape index (κ3) is 7.44. The Labute approximate surface area is 144 Å². The van der Waals surface area contributed by atoms with Gasteiger partial charge in [0.05, 0.1) is 17.7 Å². The molecule has 0 bridgehead atoms. The Morgan fingerprint density at radius 3 is 2.42 bits per heavy atom. The van der Waals surface area contributed by atoms with Gasteiger partial charge in [-0.15, -0.1) is 0 Å². The summed E-state index contributed by atoms with van der Waals surface area (Å²) in [7, 11) is 0. The van der Waals surface area contributed by atoms with Gasteiger partial charge < -0.3 is 9.47 Å². The molecule has 0 aromatic heterocycles. The summed E-state index contributed by atoms with van der Waals surface area (Å²) in [5.74, 6) is -0.602. The van der Waals surface area contributed by atoms with Crippen LogP contribution < -0.4 is 0 Å². The molecule has 0 aliphatic rings. The predicted octanol–water partition coefficient (Wildman–Crippen LogP) is 4.79. The van der Waals surface area contributed by atoms with E-state index >= 15 is 0 Å². The van der Waals surface area contributed by atoms with Crippen LogP contribution in [0.2, 0.25) is 0 Å². The second kappa shape index (κ2) is 10.6. The van der Waals surface area contributed by atoms with Gasteiger partial charge in [0.25, 0.3) is 0 Å². The average Bonchev–Trinajstić information content (AvgIpc) is 2.56. The number of allylic oxidation sites excluding steroid dienone is 1. The quantitative estimate of drug-likeness (QED) is 0.370. The number of hydrogen-bond donors (Lipinski definition) is 0. The Morgan fingerprint density at radius 2 is 1.79 bits per heavy atom. The Hall–Kier alpha value is -2.10. The third-order valence-electron chi connectivity index (χ3n) is 3.31. The fourth-order valence-corrected chi connectivity index (χ4v) is 1.98. The molecule has 0 N–H and O–H groups in total. The molecule has 0 spiro atoms. The first-order valence-corrected chi connectivity index (χ1v) is 8.58. The van der Waals surface area contributed by atoms with E-state index in [0.717, 1.165) is 19.3 Å². The summed E-state index contributed by atoms with van der Waals surface area (Å²) in [4.78, 5) is 24.1. The third-order valence-corrected chi connectivity index (χ3v) is 3.31. The Morgan fingerprint density at radius 1 is 1.12 bits per heavy atom. The van der Waals surface area contributed by atoms with Crippen LogP contribution in [-0.4, -0.2) is 24.6 Å². The van der Waals surface area contributed by atoms with Gasteiger partial charge in [0.1, 0.15) is 6.10 Å². The molecule has 1 aromatic carbocycles. The van der Waals surface area contributed by atoms with Crippen LogP contribution in [0, 0.1) is 5.92 Å². The maximum Gasteiger partial charge on any atom is 0.338 e. The van der Waals surface area contributed by atoms with Crippen molar-refractivity contribution in [2.24, 2.45) is 5.92 Å². The van der Waals surface area contributed by atoms with Crippen LogP contribution in [0.25, 0.3) is 0 Å². The summed E-state index contributed by atoms with van der Waals surface area (Å²) in [6.07, 6.45) is 6.85. The van der Waals surface area contributed by atoms with E-state index in [1.54, 1.807) is 18.2 Å². The van der Waals surface area contributed by atoms with Crippen molar-refractivity contribution in [2.45, 2.75) is 53.1 Å². The summed E-state index contributed by atoms with van der Waals surface area (Å²) < 4.78 is 10.6. The van der Waals surface area contributed by atoms with Gasteiger partial charge in [-0.3, -0.25) is 0 Å². The number of carbonyl (C=O) groups excluding carboxylic acids is 2. The number of rotatable bonds is 9. The SMILES string of the molecule is CCCC/C=C/C(C)OC(=O)c1cccc(C(=O)OCC(C)C)c1. The van der Waals surface area contributed by atoms with E-state index in [1.807, 2.05) is 32.9 Å². The number of ether oxygens (including phenoxy) is 2. The highest BCUT2D eigenvalue weighted by atomic mass is 16.5. The number of unbranched alkanes of at least 4 members (excludes halogenated alkanes) is 2. The van der Waals surface area contributed by atoms with Crippen molar-refractivity contribution in [1.82, 2.24) is 0 Å². The summed E-state index contributed by atoms with van der Waals surface area (Å²) in [5, 5.41) is 0. The Balaban J connectivity index is 2.63. The van der Waals surface area contributed by atoms with Crippen molar-refractivity contribution in [3.8, 4) is 0 Å². The van der Waals surface area contributed by atoms with Crippen LogP contribution >= 0.6 is 0 Å². The maximum absolute atomic E-state index is 12.2. The summed E-state index contributed by atoms with van der Waals surface area (Å²) in [5.41, 5.74) is 0.707. The minimum absolute atomic E-state index is 0.266. The normalized spacial score (nSPS) is 12.4. The molecule has 0 fully saturated rings. The van der Waals surface area contributed by atoms with Crippen LogP contribution in [0.15, 0.2) is 36.4 Å². The van der Waals surface area contributed by atoms with Crippen molar-refractivity contribution in [2.75, 3.05) is 6.61 Å². The summed E-state index contributed by atoms with van der Waals surface area (Å²) in [6, 6.07) is 6.44. The number of hydrogen-bond acceptors (Lipinski definition) is 4. The molecular formula is C20H28O4. The number of benzene rings is 1. The molecule has 0 amide bonds. The van der Waals surface area contributed by atoms with Crippen LogP contribution in [0.1, 0.15) is 67.7 Å². The van der Waals surface area contributed by atoms with Crippen molar-refractivity contribution in [1.29, 1.82) is 0 Å². The van der Waals surface area contributed by atoms with Gasteiger partial charge in [0.2, 0.25) is 0 Å². The molecule has 1 aromatic rings. The largest absolute Gasteiger partial charge is 0.462 e. The minimum atomic E-state index is -0.443. The average molecular weight is 332 g/mol. The lowest BCUT2D eigenvalue weighted by Crippen LogP contribution is -2.14. The first-order chi connectivity index (χ1) is 11.4. The van der Waals surface area contributed by atoms with Crippen molar-refractivity contribution in [3.63, 3.8) is 0 Å². The van der Waals surface area contributed by atoms with E-state index in [-0.39, 0.29) is 12.0 Å². The molecule has 4 nitrogen and oxygen atoms in total. The van der Waals surface area contributed by atoms with E-state index in [1.165, 1.54) is 6.07 Å². The smallest absolute Gasteiger partial charge is 0.338 e. The molecule has 0 saturated carbocycles. The Bertz CT molecular complexity index is 561. The van der Waals surface area contributed by atoms with Crippen LogP contribution in [0.4, 0.5) is 0 Å². The number of esters is 2. The van der Waals surface area contributed by atoms with E-state index in [4.69, 9.17) is 9.47 Å². The highest BCUT2D eigenvalue weighted by Crippen LogP contribution is 2.11. The van der Waals surface area contributed by atoms with E-state index in [0.29, 0.717) is 17.7 Å². The molecule has 132 valence electrons. The molecular weight excluding hydrogens is 304 g/mol. The van der Waals surface area contributed by atoms with Gasteiger partial charge in [0.15, 0.2) is 0 Å². The molecule has 0 radical (unpaired) electrons. The molecule has 1 atom stereocenters.